The molecule has 0 heterocycles. The Kier molecular flexibility index (Phi) is 11.2. The first-order valence-electron chi connectivity index (χ1n) is 14.5. The molecule has 0 saturated heterocycles. The van der Waals surface area contributed by atoms with Gasteiger partial charge < -0.3 is 40.9 Å². The van der Waals surface area contributed by atoms with Crippen LogP contribution in [0.5, 0.6) is 0 Å². The van der Waals surface area contributed by atoms with Gasteiger partial charge >= 0.3 is 23.9 Å². The number of aliphatic hydroxyl groups is 4. The minimum Gasteiger partial charge on any atom is -0.479 e. The molecule has 0 radical (unpaired) electrons. The van der Waals surface area contributed by atoms with E-state index < -0.39 is 69.0 Å². The maximum Gasteiger partial charge on any atom is 0.348 e. The molecule has 8 N–H and O–H groups in total. The number of carbonyl (C=O) groups is 6. The molecule has 0 aliphatic carbocycles. The number of hydrogen-bond acceptors (Lipinski definition) is 10. The molecule has 260 valence electrons. The van der Waals surface area contributed by atoms with Crippen molar-refractivity contribution in [2.24, 2.45) is 0 Å². The van der Waals surface area contributed by atoms with Crippen molar-refractivity contribution in [2.75, 3.05) is 0 Å². The van der Waals surface area contributed by atoms with E-state index in [4.69, 9.17) is 0 Å². The van der Waals surface area contributed by atoms with Gasteiger partial charge in [-0.3, -0.25) is 9.59 Å². The van der Waals surface area contributed by atoms with Crippen molar-refractivity contribution in [1.29, 1.82) is 0 Å². The van der Waals surface area contributed by atoms with E-state index in [0.717, 1.165) is 35.4 Å². The summed E-state index contributed by atoms with van der Waals surface area (Å²) in [7, 11) is 0. The Morgan fingerprint density at radius 3 is 0.880 bits per heavy atom. The Bertz CT molecular complexity index is 1770. The predicted octanol–water partition coefficient (Wildman–Crippen LogP) is 1.93. The van der Waals surface area contributed by atoms with Crippen LogP contribution < -0.4 is 0 Å². The standard InChI is InChI=1S/C18H14O8.C18H18O6/c19-13(11-7-3-1-4-8-11)17(25,15(21)22)18(26,16(23)24)14(20)12-9-5-2-6-10-12;1-11-3-7-13(8-4-11)17(23,15(19)20)18(24,16(21)22)14-9-5-12(2)6-10-14/h1-10,25-26H,(H,21,22)(H,23,24);3-10,23-24H,1-2H3,(H,19,20)(H,21,22)/t2*17-,18-/m11/s1. The molecule has 0 aliphatic rings. The van der Waals surface area contributed by atoms with Crippen molar-refractivity contribution in [3.63, 3.8) is 0 Å². The average molecular weight is 689 g/mol. The Balaban J connectivity index is 0.000000271. The normalized spacial score (nSPS) is 15.6. The Labute approximate surface area is 283 Å². The predicted molar refractivity (Wildman–Crippen MR) is 172 cm³/mol. The van der Waals surface area contributed by atoms with Crippen molar-refractivity contribution in [3.8, 4) is 0 Å². The maximum absolute atomic E-state index is 12.6. The second-order valence-corrected chi connectivity index (χ2v) is 11.2. The molecule has 0 fully saturated rings. The van der Waals surface area contributed by atoms with Crippen molar-refractivity contribution < 1.29 is 69.6 Å². The maximum atomic E-state index is 12.6. The van der Waals surface area contributed by atoms with Crippen LogP contribution in [0.15, 0.2) is 109 Å². The van der Waals surface area contributed by atoms with Crippen LogP contribution in [0.2, 0.25) is 0 Å². The van der Waals surface area contributed by atoms with Crippen molar-refractivity contribution in [1.82, 2.24) is 0 Å². The number of Topliss-reactive ketones (excluding diaryl/α,β-unsaturated/α-hetero) is 2. The lowest BCUT2D eigenvalue weighted by Gasteiger charge is -2.37. The van der Waals surface area contributed by atoms with Gasteiger partial charge in [-0.2, -0.15) is 0 Å². The first-order chi connectivity index (χ1) is 23.3. The van der Waals surface area contributed by atoms with Gasteiger partial charge in [0.05, 0.1) is 0 Å². The number of aliphatic carboxylic acids is 4. The fourth-order valence-electron chi connectivity index (χ4n) is 4.99. The third kappa shape index (κ3) is 6.51. The van der Waals surface area contributed by atoms with Gasteiger partial charge in [-0.1, -0.05) is 120 Å². The van der Waals surface area contributed by atoms with E-state index in [2.05, 4.69) is 0 Å². The lowest BCUT2D eigenvalue weighted by molar-refractivity contribution is -0.213. The second-order valence-electron chi connectivity index (χ2n) is 11.2. The highest BCUT2D eigenvalue weighted by Crippen LogP contribution is 2.42. The van der Waals surface area contributed by atoms with Crippen molar-refractivity contribution >= 4 is 35.4 Å². The molecule has 14 heteroatoms. The van der Waals surface area contributed by atoms with Crippen molar-refractivity contribution in [3.05, 3.63) is 143 Å². The molecule has 0 spiro atoms. The number of hydrogen-bond donors (Lipinski definition) is 8. The summed E-state index contributed by atoms with van der Waals surface area (Å²) in [6.45, 7) is 3.51. The van der Waals surface area contributed by atoms with E-state index in [9.17, 15) is 69.6 Å². The Morgan fingerprint density at radius 1 is 0.400 bits per heavy atom. The molecule has 0 aliphatic heterocycles. The Morgan fingerprint density at radius 2 is 0.660 bits per heavy atom. The number of ketones is 2. The minimum atomic E-state index is -3.95. The average Bonchev–Trinajstić information content (AvgIpc) is 3.10. The summed E-state index contributed by atoms with van der Waals surface area (Å²) in [6, 6.07) is 24.1. The first-order valence-corrected chi connectivity index (χ1v) is 14.5. The fourth-order valence-corrected chi connectivity index (χ4v) is 4.99. The third-order valence-electron chi connectivity index (χ3n) is 7.95. The van der Waals surface area contributed by atoms with Gasteiger partial charge in [0.1, 0.15) is 0 Å². The molecule has 4 atom stereocenters. The number of carboxylic acid groups (broad SMARTS) is 4. The summed E-state index contributed by atoms with van der Waals surface area (Å²) in [4.78, 5) is 72.2. The molecule has 0 saturated carbocycles. The summed E-state index contributed by atoms with van der Waals surface area (Å²) in [6.07, 6.45) is 0. The van der Waals surface area contributed by atoms with Gasteiger partial charge in [0.15, 0.2) is 0 Å². The number of rotatable bonds is 12. The summed E-state index contributed by atoms with van der Waals surface area (Å²) in [5.74, 6) is -11.8. The van der Waals surface area contributed by atoms with Crippen LogP contribution in [-0.4, -0.2) is 87.5 Å². The van der Waals surface area contributed by atoms with Crippen LogP contribution in [0.3, 0.4) is 0 Å². The second kappa shape index (κ2) is 14.6. The highest BCUT2D eigenvalue weighted by molar-refractivity contribution is 6.28. The van der Waals surface area contributed by atoms with Gasteiger partial charge in [0.2, 0.25) is 22.8 Å². The van der Waals surface area contributed by atoms with E-state index in [1.165, 1.54) is 84.9 Å². The third-order valence-corrected chi connectivity index (χ3v) is 7.95. The molecule has 0 bridgehead atoms. The molecular formula is C36H32O14. The topological polar surface area (TPSA) is 264 Å². The fraction of sp³-hybridized carbons (Fsp3) is 0.167. The molecule has 4 aromatic rings. The molecule has 0 amide bonds. The molecule has 0 aromatic heterocycles. The van der Waals surface area contributed by atoms with E-state index >= 15 is 0 Å². The summed E-state index contributed by atoms with van der Waals surface area (Å²) in [5, 5.41) is 80.7. The molecule has 0 unspecified atom stereocenters. The van der Waals surface area contributed by atoms with Gasteiger partial charge in [-0.25, -0.2) is 19.2 Å². The summed E-state index contributed by atoms with van der Waals surface area (Å²) < 4.78 is 0. The van der Waals surface area contributed by atoms with Crippen LogP contribution in [0.4, 0.5) is 0 Å². The zero-order valence-corrected chi connectivity index (χ0v) is 26.4. The van der Waals surface area contributed by atoms with E-state index in [1.807, 2.05) is 0 Å². The van der Waals surface area contributed by atoms with E-state index in [1.54, 1.807) is 13.8 Å². The van der Waals surface area contributed by atoms with E-state index in [-0.39, 0.29) is 11.1 Å². The first kappa shape index (κ1) is 38.4. The highest BCUT2D eigenvalue weighted by atomic mass is 16.5. The summed E-state index contributed by atoms with van der Waals surface area (Å²) >= 11 is 0. The van der Waals surface area contributed by atoms with Gasteiger partial charge in [0.25, 0.3) is 11.2 Å². The lowest BCUT2D eigenvalue weighted by atomic mass is 9.73. The van der Waals surface area contributed by atoms with Crippen LogP contribution in [0.1, 0.15) is 43.0 Å². The number of carbonyl (C=O) groups excluding carboxylic acids is 2. The Hall–Kier alpha value is -6.06. The van der Waals surface area contributed by atoms with Gasteiger partial charge in [-0.05, 0) is 25.0 Å². The number of carboxylic acids is 4. The molecule has 50 heavy (non-hydrogen) atoms. The zero-order valence-electron chi connectivity index (χ0n) is 26.4. The number of benzene rings is 4. The minimum absolute atomic E-state index is 0.230. The smallest absolute Gasteiger partial charge is 0.348 e. The SMILES string of the molecule is Cc1ccc([C@@](O)(C(=O)O)[C@](O)(C(=O)O)c2ccc(C)cc2)cc1.O=C(O)[C@](O)(C(=O)c1ccccc1)[C@](O)(C(=O)O)C(=O)c1ccccc1. The van der Waals surface area contributed by atoms with Crippen molar-refractivity contribution in [2.45, 2.75) is 36.3 Å². The zero-order chi connectivity index (χ0) is 37.7. The monoisotopic (exact) mass is 688 g/mol. The largest absolute Gasteiger partial charge is 0.479 e. The lowest BCUT2D eigenvalue weighted by Crippen LogP contribution is -2.71. The van der Waals surface area contributed by atoms with Crippen LogP contribution in [0, 0.1) is 13.8 Å². The van der Waals surface area contributed by atoms with Crippen LogP contribution >= 0.6 is 0 Å². The molecule has 4 rings (SSSR count). The van der Waals surface area contributed by atoms with Gasteiger partial charge in [0, 0.05) is 11.1 Å². The molecule has 14 nitrogen and oxygen atoms in total. The highest BCUT2D eigenvalue weighted by Gasteiger charge is 2.70. The van der Waals surface area contributed by atoms with E-state index in [0.29, 0.717) is 0 Å². The molecular weight excluding hydrogens is 656 g/mol. The number of aryl methyl sites for hydroxylation is 2. The summed E-state index contributed by atoms with van der Waals surface area (Å²) in [5.41, 5.74) is -13.7. The van der Waals surface area contributed by atoms with Gasteiger partial charge in [-0.15, -0.1) is 0 Å². The quantitative estimate of drug-likeness (QED) is 0.0781. The van der Waals surface area contributed by atoms with Crippen LogP contribution in [-0.2, 0) is 30.4 Å². The molecule has 4 aromatic carbocycles. The van der Waals surface area contributed by atoms with Crippen LogP contribution in [0.25, 0.3) is 0 Å².